The Kier molecular flexibility index (Phi) is 4.87. The van der Waals surface area contributed by atoms with E-state index in [-0.39, 0.29) is 5.75 Å². The molecule has 0 aromatic heterocycles. The van der Waals surface area contributed by atoms with Gasteiger partial charge in [-0.3, -0.25) is 0 Å². The average molecular weight is 523 g/mol. The molecule has 112 valence electrons. The number of aromatic hydroxyl groups is 1. The van der Waals surface area contributed by atoms with E-state index in [1.807, 2.05) is 60.7 Å². The van der Waals surface area contributed by atoms with E-state index in [9.17, 15) is 10.4 Å². The van der Waals surface area contributed by atoms with E-state index in [1.165, 1.54) is 0 Å². The van der Waals surface area contributed by atoms with Gasteiger partial charge >= 0.3 is 0 Å². The lowest BCUT2D eigenvalue weighted by Crippen LogP contribution is -1.87. The smallest absolute Gasteiger partial charge is 0.142 e. The number of hydrogen-bond acceptors (Lipinski definition) is 2. The number of phenolic OH excluding ortho intramolecular Hbond substituents is 1. The quantitative estimate of drug-likeness (QED) is 0.262. The van der Waals surface area contributed by atoms with Crippen LogP contribution in [-0.4, -0.2) is 5.11 Å². The van der Waals surface area contributed by atoms with E-state index >= 15 is 0 Å². The normalized spacial score (nSPS) is 11.4. The number of allylic oxidation sites excluding steroid dienone is 1. The summed E-state index contributed by atoms with van der Waals surface area (Å²) in [7, 11) is 0. The van der Waals surface area contributed by atoms with Crippen LogP contribution in [0, 0.1) is 18.5 Å². The lowest BCUT2D eigenvalue weighted by atomic mass is 9.97. The molecule has 0 heterocycles. The molecule has 0 unspecified atom stereocenters. The van der Waals surface area contributed by atoms with Crippen molar-refractivity contribution < 1.29 is 5.11 Å². The van der Waals surface area contributed by atoms with E-state index in [2.05, 4.69) is 51.3 Å². The van der Waals surface area contributed by atoms with Crippen LogP contribution in [0.25, 0.3) is 22.4 Å². The van der Waals surface area contributed by atoms with E-state index in [0.29, 0.717) is 5.57 Å². The van der Waals surface area contributed by atoms with Crippen molar-refractivity contribution in [3.8, 4) is 11.8 Å². The highest BCUT2D eigenvalue weighted by Gasteiger charge is 2.08. The Hall–Kier alpha value is -1.59. The summed E-state index contributed by atoms with van der Waals surface area (Å²) < 4.78 is 1.55. The van der Waals surface area contributed by atoms with E-state index in [0.717, 1.165) is 29.0 Å². The standard InChI is InChI=1S/C19H11I2NO/c20-17-9-12(10-18(21)19(17)23)8-14(11-22)16-7-3-5-13-4-1-2-6-15(13)16/h1-10,23H/b14-8-. The van der Waals surface area contributed by atoms with Crippen molar-refractivity contribution in [1.82, 2.24) is 0 Å². The largest absolute Gasteiger partial charge is 0.506 e. The molecule has 4 heteroatoms. The summed E-state index contributed by atoms with van der Waals surface area (Å²) in [6, 6.07) is 20.1. The molecule has 0 amide bonds. The van der Waals surface area contributed by atoms with Gasteiger partial charge in [-0.15, -0.1) is 0 Å². The zero-order chi connectivity index (χ0) is 16.4. The Morgan fingerprint density at radius 3 is 2.35 bits per heavy atom. The highest BCUT2D eigenvalue weighted by atomic mass is 127. The lowest BCUT2D eigenvalue weighted by molar-refractivity contribution is 0.467. The molecule has 0 bridgehead atoms. The summed E-state index contributed by atoms with van der Waals surface area (Å²) in [6.45, 7) is 0. The molecular weight excluding hydrogens is 512 g/mol. The van der Waals surface area contributed by atoms with Gasteiger partial charge in [0, 0.05) is 5.56 Å². The van der Waals surface area contributed by atoms with Crippen molar-refractivity contribution in [2.75, 3.05) is 0 Å². The van der Waals surface area contributed by atoms with Gasteiger partial charge in [0.05, 0.1) is 18.8 Å². The number of fused-ring (bicyclic) bond motifs is 1. The van der Waals surface area contributed by atoms with Crippen LogP contribution in [0.3, 0.4) is 0 Å². The topological polar surface area (TPSA) is 44.0 Å². The SMILES string of the molecule is N#C/C(=C/c1cc(I)c(O)c(I)c1)c1cccc2ccccc12. The molecule has 0 saturated carbocycles. The fourth-order valence-corrected chi connectivity index (χ4v) is 4.28. The first kappa shape index (κ1) is 16.3. The number of hydrogen-bond donors (Lipinski definition) is 1. The van der Waals surface area contributed by atoms with Gasteiger partial charge in [-0.1, -0.05) is 42.5 Å². The highest BCUT2D eigenvalue weighted by Crippen LogP contribution is 2.30. The number of nitriles is 1. The summed E-state index contributed by atoms with van der Waals surface area (Å²) in [5.74, 6) is 0.284. The molecule has 3 rings (SSSR count). The van der Waals surface area contributed by atoms with Crippen molar-refractivity contribution >= 4 is 67.6 Å². The van der Waals surface area contributed by atoms with Gasteiger partial charge in [0.15, 0.2) is 0 Å². The Bertz CT molecular complexity index is 942. The summed E-state index contributed by atoms with van der Waals surface area (Å²) in [5.41, 5.74) is 2.43. The van der Waals surface area contributed by atoms with Crippen LogP contribution in [0.1, 0.15) is 11.1 Å². The minimum absolute atomic E-state index is 0.284. The van der Waals surface area contributed by atoms with Crippen LogP contribution in [-0.2, 0) is 0 Å². The van der Waals surface area contributed by atoms with Crippen molar-refractivity contribution in [2.24, 2.45) is 0 Å². The number of nitrogens with zero attached hydrogens (tertiary/aromatic N) is 1. The molecule has 0 aliphatic heterocycles. The average Bonchev–Trinajstić information content (AvgIpc) is 2.57. The minimum Gasteiger partial charge on any atom is -0.506 e. The second-order valence-electron chi connectivity index (χ2n) is 5.03. The van der Waals surface area contributed by atoms with Gasteiger partial charge in [-0.25, -0.2) is 0 Å². The summed E-state index contributed by atoms with van der Waals surface area (Å²) in [5, 5.41) is 21.7. The van der Waals surface area contributed by atoms with Crippen molar-refractivity contribution in [3.63, 3.8) is 0 Å². The molecule has 3 aromatic rings. The third-order valence-electron chi connectivity index (χ3n) is 3.55. The predicted molar refractivity (Wildman–Crippen MR) is 111 cm³/mol. The Balaban J connectivity index is 2.18. The zero-order valence-corrected chi connectivity index (χ0v) is 16.2. The molecule has 0 aliphatic carbocycles. The molecule has 0 aliphatic rings. The van der Waals surface area contributed by atoms with Gasteiger partial charge in [0.1, 0.15) is 5.75 Å². The molecular formula is C19H11I2NO. The first-order valence-electron chi connectivity index (χ1n) is 6.88. The second kappa shape index (κ2) is 6.89. The van der Waals surface area contributed by atoms with Crippen LogP contribution >= 0.6 is 45.2 Å². The summed E-state index contributed by atoms with van der Waals surface area (Å²) in [4.78, 5) is 0. The van der Waals surface area contributed by atoms with E-state index in [4.69, 9.17) is 0 Å². The maximum Gasteiger partial charge on any atom is 0.142 e. The third-order valence-corrected chi connectivity index (χ3v) is 5.20. The molecule has 23 heavy (non-hydrogen) atoms. The predicted octanol–water partition coefficient (Wildman–Crippen LogP) is 5.82. The molecule has 3 aromatic carbocycles. The maximum atomic E-state index is 9.88. The van der Waals surface area contributed by atoms with Crippen LogP contribution in [0.5, 0.6) is 5.75 Å². The van der Waals surface area contributed by atoms with E-state index < -0.39 is 0 Å². The number of rotatable bonds is 2. The van der Waals surface area contributed by atoms with Gasteiger partial charge in [0.2, 0.25) is 0 Å². The van der Waals surface area contributed by atoms with Gasteiger partial charge in [0.25, 0.3) is 0 Å². The van der Waals surface area contributed by atoms with E-state index in [1.54, 1.807) is 0 Å². The fourth-order valence-electron chi connectivity index (χ4n) is 2.47. The second-order valence-corrected chi connectivity index (χ2v) is 7.35. The fraction of sp³-hybridized carbons (Fsp3) is 0. The first-order chi connectivity index (χ1) is 11.1. The molecule has 0 fully saturated rings. The minimum atomic E-state index is 0.284. The number of benzene rings is 3. The summed E-state index contributed by atoms with van der Waals surface area (Å²) in [6.07, 6.45) is 1.87. The van der Waals surface area contributed by atoms with Crippen LogP contribution < -0.4 is 0 Å². The Morgan fingerprint density at radius 1 is 1.00 bits per heavy atom. The maximum absolute atomic E-state index is 9.88. The van der Waals surface area contributed by atoms with Crippen LogP contribution in [0.15, 0.2) is 54.6 Å². The molecule has 0 radical (unpaired) electrons. The summed E-state index contributed by atoms with van der Waals surface area (Å²) >= 11 is 4.19. The molecule has 0 saturated heterocycles. The van der Waals surface area contributed by atoms with Gasteiger partial charge in [-0.05, 0) is 79.7 Å². The van der Waals surface area contributed by atoms with Gasteiger partial charge in [-0.2, -0.15) is 5.26 Å². The van der Waals surface area contributed by atoms with Gasteiger partial charge < -0.3 is 5.11 Å². The first-order valence-corrected chi connectivity index (χ1v) is 9.04. The third kappa shape index (κ3) is 3.35. The zero-order valence-electron chi connectivity index (χ0n) is 11.9. The molecule has 1 N–H and O–H groups in total. The number of phenols is 1. The van der Waals surface area contributed by atoms with Crippen LogP contribution in [0.4, 0.5) is 0 Å². The molecule has 2 nitrogen and oxygen atoms in total. The monoisotopic (exact) mass is 523 g/mol. The number of halogens is 2. The van der Waals surface area contributed by atoms with Crippen molar-refractivity contribution in [3.05, 3.63) is 72.9 Å². The van der Waals surface area contributed by atoms with Crippen molar-refractivity contribution in [2.45, 2.75) is 0 Å². The van der Waals surface area contributed by atoms with Crippen LogP contribution in [0.2, 0.25) is 0 Å². The highest BCUT2D eigenvalue weighted by molar-refractivity contribution is 14.1. The Labute approximate surface area is 161 Å². The molecule has 0 spiro atoms. The lowest BCUT2D eigenvalue weighted by Gasteiger charge is -2.07. The molecule has 0 atom stereocenters. The van der Waals surface area contributed by atoms with Crippen molar-refractivity contribution in [1.29, 1.82) is 5.26 Å². The Morgan fingerprint density at radius 2 is 1.65 bits per heavy atom.